The summed E-state index contributed by atoms with van der Waals surface area (Å²) in [6.07, 6.45) is 6.73. The zero-order valence-electron chi connectivity index (χ0n) is 15.4. The van der Waals surface area contributed by atoms with Crippen molar-refractivity contribution in [2.45, 2.75) is 45.1 Å². The Hall–Kier alpha value is -2.95. The van der Waals surface area contributed by atoms with Gasteiger partial charge in [-0.3, -0.25) is 14.3 Å². The van der Waals surface area contributed by atoms with Crippen LogP contribution in [0.4, 0.5) is 0 Å². The number of carbonyl (C=O) groups is 2. The highest BCUT2D eigenvalue weighted by atomic mass is 16.5. The smallest absolute Gasteiger partial charge is 0.340 e. The van der Waals surface area contributed by atoms with Crippen LogP contribution in [0.2, 0.25) is 0 Å². The van der Waals surface area contributed by atoms with E-state index in [4.69, 9.17) is 4.74 Å². The molecule has 1 atom stereocenters. The molecule has 138 valence electrons. The number of hydrogen-bond acceptors (Lipinski definition) is 4. The summed E-state index contributed by atoms with van der Waals surface area (Å²) in [4.78, 5) is 29.7. The minimum Gasteiger partial charge on any atom is -0.449 e. The van der Waals surface area contributed by atoms with Crippen LogP contribution >= 0.6 is 0 Å². The number of aromatic nitrogens is 2. The number of carbonyl (C=O) groups excluding carboxylic acids is 2. The molecule has 5 heteroatoms. The summed E-state index contributed by atoms with van der Waals surface area (Å²) in [7, 11) is 0. The van der Waals surface area contributed by atoms with Crippen LogP contribution in [-0.2, 0) is 17.6 Å². The molecular formula is C22H22N2O3. The molecule has 0 fully saturated rings. The van der Waals surface area contributed by atoms with E-state index in [1.807, 2.05) is 25.1 Å². The van der Waals surface area contributed by atoms with Crippen molar-refractivity contribution in [2.75, 3.05) is 0 Å². The predicted octanol–water partition coefficient (Wildman–Crippen LogP) is 4.19. The van der Waals surface area contributed by atoms with Gasteiger partial charge in [-0.25, -0.2) is 4.79 Å². The number of esters is 1. The van der Waals surface area contributed by atoms with E-state index in [1.165, 1.54) is 11.8 Å². The largest absolute Gasteiger partial charge is 0.449 e. The molecule has 0 saturated carbocycles. The second-order valence-corrected chi connectivity index (χ2v) is 6.87. The SMILES string of the molecule is CCC(OC(=O)c1cccnc1)C(=O)n1c2c(c3ccccc31)CCCC2. The van der Waals surface area contributed by atoms with Crippen LogP contribution in [0.1, 0.15) is 52.6 Å². The minimum absolute atomic E-state index is 0.172. The normalized spacial score (nSPS) is 14.6. The molecule has 0 spiro atoms. The number of benzene rings is 1. The molecule has 27 heavy (non-hydrogen) atoms. The summed E-state index contributed by atoms with van der Waals surface area (Å²) < 4.78 is 7.35. The van der Waals surface area contributed by atoms with E-state index in [9.17, 15) is 9.59 Å². The van der Waals surface area contributed by atoms with Crippen molar-refractivity contribution in [3.05, 3.63) is 65.6 Å². The molecule has 1 aliphatic carbocycles. The molecular weight excluding hydrogens is 340 g/mol. The van der Waals surface area contributed by atoms with Crippen molar-refractivity contribution in [3.63, 3.8) is 0 Å². The molecule has 0 saturated heterocycles. The molecule has 4 rings (SSSR count). The van der Waals surface area contributed by atoms with Crippen molar-refractivity contribution < 1.29 is 14.3 Å². The maximum Gasteiger partial charge on any atom is 0.340 e. The van der Waals surface area contributed by atoms with E-state index >= 15 is 0 Å². The molecule has 2 aromatic heterocycles. The number of fused-ring (bicyclic) bond motifs is 3. The molecule has 2 heterocycles. The van der Waals surface area contributed by atoms with Crippen LogP contribution in [0.5, 0.6) is 0 Å². The lowest BCUT2D eigenvalue weighted by molar-refractivity contribution is 0.0241. The van der Waals surface area contributed by atoms with Crippen molar-refractivity contribution in [2.24, 2.45) is 0 Å². The topological polar surface area (TPSA) is 61.2 Å². The lowest BCUT2D eigenvalue weighted by Gasteiger charge is -2.20. The highest BCUT2D eigenvalue weighted by Crippen LogP contribution is 2.32. The van der Waals surface area contributed by atoms with Gasteiger partial charge in [0, 0.05) is 23.5 Å². The standard InChI is InChI=1S/C22H22N2O3/c1-2-20(27-22(26)15-8-7-13-23-14-15)21(25)24-18-11-5-3-9-16(18)17-10-4-6-12-19(17)24/h3,5,7-9,11,13-14,20H,2,4,6,10,12H2,1H3. The summed E-state index contributed by atoms with van der Waals surface area (Å²) in [5, 5.41) is 1.13. The Morgan fingerprint density at radius 2 is 1.96 bits per heavy atom. The fourth-order valence-electron chi connectivity index (χ4n) is 3.88. The van der Waals surface area contributed by atoms with Gasteiger partial charge in [-0.2, -0.15) is 0 Å². The third-order valence-electron chi connectivity index (χ3n) is 5.19. The Kier molecular flexibility index (Phi) is 4.75. The quantitative estimate of drug-likeness (QED) is 0.653. The number of hydrogen-bond donors (Lipinski definition) is 0. The lowest BCUT2D eigenvalue weighted by atomic mass is 9.95. The highest BCUT2D eigenvalue weighted by Gasteiger charge is 2.29. The number of para-hydroxylation sites is 1. The third kappa shape index (κ3) is 3.14. The first-order chi connectivity index (χ1) is 13.2. The third-order valence-corrected chi connectivity index (χ3v) is 5.19. The van der Waals surface area contributed by atoms with Gasteiger partial charge in [0.15, 0.2) is 6.10 Å². The zero-order chi connectivity index (χ0) is 18.8. The number of rotatable bonds is 4. The first-order valence-corrected chi connectivity index (χ1v) is 9.47. The Morgan fingerprint density at radius 3 is 2.74 bits per heavy atom. The Bertz CT molecular complexity index is 991. The summed E-state index contributed by atoms with van der Waals surface area (Å²) in [5.74, 6) is -0.692. The average molecular weight is 362 g/mol. The zero-order valence-corrected chi connectivity index (χ0v) is 15.4. The van der Waals surface area contributed by atoms with Crippen molar-refractivity contribution in [1.29, 1.82) is 0 Å². The van der Waals surface area contributed by atoms with E-state index in [1.54, 1.807) is 22.9 Å². The maximum atomic E-state index is 13.4. The van der Waals surface area contributed by atoms with Gasteiger partial charge in [0.25, 0.3) is 5.91 Å². The lowest BCUT2D eigenvalue weighted by Crippen LogP contribution is -2.32. The van der Waals surface area contributed by atoms with Gasteiger partial charge in [0.2, 0.25) is 0 Å². The Morgan fingerprint density at radius 1 is 1.15 bits per heavy atom. The average Bonchev–Trinajstić information content (AvgIpc) is 3.06. The van der Waals surface area contributed by atoms with Crippen molar-refractivity contribution in [1.82, 2.24) is 9.55 Å². The van der Waals surface area contributed by atoms with Gasteiger partial charge in [-0.15, -0.1) is 0 Å². The summed E-state index contributed by atoms with van der Waals surface area (Å²) in [6, 6.07) is 11.3. The van der Waals surface area contributed by atoms with Crippen LogP contribution < -0.4 is 0 Å². The molecule has 0 N–H and O–H groups in total. The van der Waals surface area contributed by atoms with Gasteiger partial charge >= 0.3 is 5.97 Å². The molecule has 5 nitrogen and oxygen atoms in total. The van der Waals surface area contributed by atoms with E-state index in [0.29, 0.717) is 12.0 Å². The van der Waals surface area contributed by atoms with Crippen LogP contribution in [-0.4, -0.2) is 27.5 Å². The fraction of sp³-hybridized carbons (Fsp3) is 0.318. The van der Waals surface area contributed by atoms with Crippen LogP contribution in [0.25, 0.3) is 10.9 Å². The van der Waals surface area contributed by atoms with Gasteiger partial charge in [0.05, 0.1) is 11.1 Å². The van der Waals surface area contributed by atoms with E-state index < -0.39 is 12.1 Å². The monoisotopic (exact) mass is 362 g/mol. The van der Waals surface area contributed by atoms with Crippen LogP contribution in [0.15, 0.2) is 48.8 Å². The van der Waals surface area contributed by atoms with E-state index in [2.05, 4.69) is 11.1 Å². The minimum atomic E-state index is -0.820. The van der Waals surface area contributed by atoms with Crippen LogP contribution in [0, 0.1) is 0 Å². The Labute approximate surface area is 158 Å². The second kappa shape index (κ2) is 7.35. The number of ether oxygens (including phenoxy) is 1. The predicted molar refractivity (Wildman–Crippen MR) is 103 cm³/mol. The molecule has 0 bridgehead atoms. The first-order valence-electron chi connectivity index (χ1n) is 9.47. The Balaban J connectivity index is 1.70. The molecule has 3 aromatic rings. The van der Waals surface area contributed by atoms with Gasteiger partial charge in [-0.1, -0.05) is 25.1 Å². The van der Waals surface area contributed by atoms with E-state index in [-0.39, 0.29) is 5.91 Å². The van der Waals surface area contributed by atoms with Crippen LogP contribution in [0.3, 0.4) is 0 Å². The van der Waals surface area contributed by atoms with Crippen molar-refractivity contribution in [3.8, 4) is 0 Å². The van der Waals surface area contributed by atoms with Gasteiger partial charge < -0.3 is 4.74 Å². The molecule has 1 aromatic carbocycles. The highest BCUT2D eigenvalue weighted by molar-refractivity contribution is 5.99. The molecule has 1 unspecified atom stereocenters. The molecule has 1 aliphatic rings. The first kappa shape index (κ1) is 17.5. The molecule has 0 radical (unpaired) electrons. The summed E-state index contributed by atoms with van der Waals surface area (Å²) in [5.41, 5.74) is 3.59. The van der Waals surface area contributed by atoms with Crippen molar-refractivity contribution >= 4 is 22.8 Å². The molecule has 0 aliphatic heterocycles. The maximum absolute atomic E-state index is 13.4. The van der Waals surface area contributed by atoms with Gasteiger partial charge in [0.1, 0.15) is 0 Å². The van der Waals surface area contributed by atoms with Gasteiger partial charge in [-0.05, 0) is 55.9 Å². The number of nitrogens with zero attached hydrogens (tertiary/aromatic N) is 2. The number of pyridine rings is 1. The summed E-state index contributed by atoms with van der Waals surface area (Å²) in [6.45, 7) is 1.86. The number of aryl methyl sites for hydroxylation is 1. The van der Waals surface area contributed by atoms with E-state index in [0.717, 1.165) is 42.3 Å². The fourth-order valence-corrected chi connectivity index (χ4v) is 3.88. The molecule has 0 amide bonds. The second-order valence-electron chi connectivity index (χ2n) is 6.87. The summed E-state index contributed by atoms with van der Waals surface area (Å²) >= 11 is 0.